The van der Waals surface area contributed by atoms with Gasteiger partial charge in [0.1, 0.15) is 5.60 Å². The summed E-state index contributed by atoms with van der Waals surface area (Å²) in [5.74, 6) is 0.707. The Hall–Kier alpha value is -1.84. The number of pyridine rings is 1. The first kappa shape index (κ1) is 17.5. The number of rotatable bonds is 4. The van der Waals surface area contributed by atoms with Crippen LogP contribution in [-0.2, 0) is 11.3 Å². The second-order valence-corrected chi connectivity index (χ2v) is 7.20. The molecule has 126 valence electrons. The smallest absolute Gasteiger partial charge is 0.407 e. The van der Waals surface area contributed by atoms with Crippen LogP contribution >= 0.6 is 0 Å². The SMILES string of the molecule is CC(C)(C)OC(=O)NCc1ccc(/C=C\C2CCCCC2)nc1. The van der Waals surface area contributed by atoms with Gasteiger partial charge in [0.25, 0.3) is 0 Å². The van der Waals surface area contributed by atoms with Gasteiger partial charge in [0.2, 0.25) is 0 Å². The van der Waals surface area contributed by atoms with Gasteiger partial charge in [-0.15, -0.1) is 0 Å². The van der Waals surface area contributed by atoms with E-state index in [-0.39, 0.29) is 0 Å². The van der Waals surface area contributed by atoms with Crippen LogP contribution in [-0.4, -0.2) is 16.7 Å². The predicted octanol–water partition coefficient (Wildman–Crippen LogP) is 4.70. The summed E-state index contributed by atoms with van der Waals surface area (Å²) in [5.41, 5.74) is 1.46. The standard InChI is InChI=1S/C19H28N2O2/c1-19(2,3)23-18(22)21-14-16-10-12-17(20-13-16)11-9-15-7-5-4-6-8-15/h9-13,15H,4-8,14H2,1-3H3,(H,21,22)/b11-9-. The van der Waals surface area contributed by atoms with E-state index in [1.807, 2.05) is 32.9 Å². The highest BCUT2D eigenvalue weighted by Crippen LogP contribution is 2.25. The third-order valence-electron chi connectivity index (χ3n) is 3.87. The molecule has 1 aliphatic carbocycles. The van der Waals surface area contributed by atoms with E-state index in [4.69, 9.17) is 4.74 Å². The van der Waals surface area contributed by atoms with Crippen molar-refractivity contribution in [1.82, 2.24) is 10.3 Å². The number of allylic oxidation sites excluding steroid dienone is 1. The zero-order valence-electron chi connectivity index (χ0n) is 14.5. The Morgan fingerprint density at radius 3 is 2.65 bits per heavy atom. The van der Waals surface area contributed by atoms with Crippen LogP contribution in [0, 0.1) is 5.92 Å². The van der Waals surface area contributed by atoms with E-state index in [0.29, 0.717) is 12.5 Å². The van der Waals surface area contributed by atoms with Gasteiger partial charge in [-0.05, 0) is 57.2 Å². The second kappa shape index (κ2) is 8.14. The molecule has 1 heterocycles. The minimum absolute atomic E-state index is 0.404. The van der Waals surface area contributed by atoms with Gasteiger partial charge in [0.15, 0.2) is 0 Å². The molecule has 4 heteroatoms. The molecule has 0 aromatic carbocycles. The van der Waals surface area contributed by atoms with Gasteiger partial charge in [-0.3, -0.25) is 4.98 Å². The summed E-state index contributed by atoms with van der Waals surface area (Å²) in [7, 11) is 0. The number of ether oxygens (including phenoxy) is 1. The lowest BCUT2D eigenvalue weighted by molar-refractivity contribution is 0.0523. The molecule has 0 aliphatic heterocycles. The number of nitrogens with zero attached hydrogens (tertiary/aromatic N) is 1. The fourth-order valence-corrected chi connectivity index (χ4v) is 2.69. The summed E-state index contributed by atoms with van der Waals surface area (Å²) in [6.45, 7) is 5.97. The summed E-state index contributed by atoms with van der Waals surface area (Å²) in [6.07, 6.45) is 12.5. The zero-order chi connectivity index (χ0) is 16.7. The molecule has 1 aromatic rings. The Morgan fingerprint density at radius 1 is 1.30 bits per heavy atom. The van der Waals surface area contributed by atoms with E-state index in [2.05, 4.69) is 22.5 Å². The number of aromatic nitrogens is 1. The van der Waals surface area contributed by atoms with E-state index in [9.17, 15) is 4.79 Å². The molecule has 0 spiro atoms. The van der Waals surface area contributed by atoms with Crippen LogP contribution in [0.3, 0.4) is 0 Å². The molecule has 0 saturated heterocycles. The number of amides is 1. The van der Waals surface area contributed by atoms with Crippen LogP contribution in [0.1, 0.15) is 64.1 Å². The van der Waals surface area contributed by atoms with Crippen molar-refractivity contribution in [3.63, 3.8) is 0 Å². The number of carbonyl (C=O) groups excluding carboxylic acids is 1. The highest BCUT2D eigenvalue weighted by atomic mass is 16.6. The van der Waals surface area contributed by atoms with E-state index < -0.39 is 11.7 Å². The summed E-state index contributed by atoms with van der Waals surface area (Å²) >= 11 is 0. The summed E-state index contributed by atoms with van der Waals surface area (Å²) in [6, 6.07) is 3.98. The maximum Gasteiger partial charge on any atom is 0.407 e. The molecule has 23 heavy (non-hydrogen) atoms. The molecular weight excluding hydrogens is 288 g/mol. The van der Waals surface area contributed by atoms with E-state index in [1.54, 1.807) is 6.20 Å². The summed E-state index contributed by atoms with van der Waals surface area (Å²) < 4.78 is 5.21. The average Bonchev–Trinajstić information content (AvgIpc) is 2.51. The molecule has 1 aliphatic rings. The molecule has 0 radical (unpaired) electrons. The van der Waals surface area contributed by atoms with Crippen LogP contribution in [0.5, 0.6) is 0 Å². The van der Waals surface area contributed by atoms with Crippen LogP contribution in [0.25, 0.3) is 6.08 Å². The van der Waals surface area contributed by atoms with Gasteiger partial charge in [0, 0.05) is 12.7 Å². The third-order valence-corrected chi connectivity index (χ3v) is 3.87. The van der Waals surface area contributed by atoms with Crippen molar-refractivity contribution in [1.29, 1.82) is 0 Å². The molecule has 1 aromatic heterocycles. The predicted molar refractivity (Wildman–Crippen MR) is 92.9 cm³/mol. The lowest BCUT2D eigenvalue weighted by atomic mass is 9.89. The quantitative estimate of drug-likeness (QED) is 0.876. The Bertz CT molecular complexity index is 523. The topological polar surface area (TPSA) is 51.2 Å². The molecular formula is C19H28N2O2. The Morgan fingerprint density at radius 2 is 2.04 bits per heavy atom. The molecule has 1 amide bonds. The van der Waals surface area contributed by atoms with Crippen molar-refractivity contribution in [2.75, 3.05) is 0 Å². The van der Waals surface area contributed by atoms with Gasteiger partial charge >= 0.3 is 6.09 Å². The number of nitrogens with one attached hydrogen (secondary N) is 1. The Labute approximate surface area is 139 Å². The first-order valence-corrected chi connectivity index (χ1v) is 8.52. The molecule has 1 fully saturated rings. The summed E-state index contributed by atoms with van der Waals surface area (Å²) in [5, 5.41) is 2.74. The van der Waals surface area contributed by atoms with E-state index in [0.717, 1.165) is 11.3 Å². The van der Waals surface area contributed by atoms with Crippen molar-refractivity contribution in [2.45, 2.75) is 65.0 Å². The monoisotopic (exact) mass is 316 g/mol. The van der Waals surface area contributed by atoms with E-state index in [1.165, 1.54) is 32.1 Å². The average molecular weight is 316 g/mol. The van der Waals surface area contributed by atoms with Gasteiger partial charge in [-0.25, -0.2) is 4.79 Å². The highest BCUT2D eigenvalue weighted by Gasteiger charge is 2.15. The normalized spacial score (nSPS) is 16.5. The number of hydrogen-bond acceptors (Lipinski definition) is 3. The number of carbonyl (C=O) groups is 1. The molecule has 0 atom stereocenters. The largest absolute Gasteiger partial charge is 0.444 e. The number of alkyl carbamates (subject to hydrolysis) is 1. The molecule has 1 N–H and O–H groups in total. The van der Waals surface area contributed by atoms with Gasteiger partial charge in [-0.1, -0.05) is 31.4 Å². The van der Waals surface area contributed by atoms with Gasteiger partial charge < -0.3 is 10.1 Å². The van der Waals surface area contributed by atoms with Crippen LogP contribution in [0.15, 0.2) is 24.4 Å². The second-order valence-electron chi connectivity index (χ2n) is 7.20. The molecule has 0 bridgehead atoms. The van der Waals surface area contributed by atoms with Crippen LogP contribution < -0.4 is 5.32 Å². The maximum absolute atomic E-state index is 11.6. The fraction of sp³-hybridized carbons (Fsp3) is 0.579. The lowest BCUT2D eigenvalue weighted by Gasteiger charge is -2.19. The van der Waals surface area contributed by atoms with Crippen molar-refractivity contribution in [3.05, 3.63) is 35.7 Å². The minimum atomic E-state index is -0.476. The first-order valence-electron chi connectivity index (χ1n) is 8.52. The summed E-state index contributed by atoms with van der Waals surface area (Å²) in [4.78, 5) is 16.0. The highest BCUT2D eigenvalue weighted by molar-refractivity contribution is 5.67. The van der Waals surface area contributed by atoms with Crippen molar-refractivity contribution in [2.24, 2.45) is 5.92 Å². The zero-order valence-corrected chi connectivity index (χ0v) is 14.5. The van der Waals surface area contributed by atoms with Crippen molar-refractivity contribution in [3.8, 4) is 0 Å². The molecule has 4 nitrogen and oxygen atoms in total. The maximum atomic E-state index is 11.6. The van der Waals surface area contributed by atoms with Gasteiger partial charge in [0.05, 0.1) is 5.69 Å². The molecule has 1 saturated carbocycles. The lowest BCUT2D eigenvalue weighted by Crippen LogP contribution is -2.32. The molecule has 0 unspecified atom stereocenters. The third kappa shape index (κ3) is 6.85. The number of hydrogen-bond donors (Lipinski definition) is 1. The van der Waals surface area contributed by atoms with Crippen LogP contribution in [0.4, 0.5) is 4.79 Å². The minimum Gasteiger partial charge on any atom is -0.444 e. The Kier molecular flexibility index (Phi) is 6.20. The van der Waals surface area contributed by atoms with Crippen LogP contribution in [0.2, 0.25) is 0 Å². The fourth-order valence-electron chi connectivity index (χ4n) is 2.69. The molecule has 2 rings (SSSR count). The van der Waals surface area contributed by atoms with Crippen molar-refractivity contribution >= 4 is 12.2 Å². The first-order chi connectivity index (χ1) is 10.9. The van der Waals surface area contributed by atoms with E-state index >= 15 is 0 Å². The van der Waals surface area contributed by atoms with Crippen molar-refractivity contribution < 1.29 is 9.53 Å². The Balaban J connectivity index is 1.80. The van der Waals surface area contributed by atoms with Gasteiger partial charge in [-0.2, -0.15) is 0 Å².